The topological polar surface area (TPSA) is 126 Å². The van der Waals surface area contributed by atoms with Crippen LogP contribution in [0.15, 0.2) is 40.0 Å². The maximum Gasteiger partial charge on any atom is 0.154 e. The van der Waals surface area contributed by atoms with Gasteiger partial charge in [-0.2, -0.15) is 5.26 Å². The van der Waals surface area contributed by atoms with Gasteiger partial charge in [0.05, 0.1) is 12.8 Å². The molecule has 0 radical (unpaired) electrons. The van der Waals surface area contributed by atoms with E-state index in [2.05, 4.69) is 31.2 Å². The molecular weight excluding hydrogens is 572 g/mol. The lowest BCUT2D eigenvalue weighted by atomic mass is 9.97. The number of benzene rings is 1. The minimum Gasteiger partial charge on any atom is -0.394 e. The Morgan fingerprint density at radius 3 is 2.69 bits per heavy atom. The third-order valence-corrected chi connectivity index (χ3v) is 7.33. The average Bonchev–Trinajstić information content (AvgIpc) is 3.32. The molecule has 14 heteroatoms. The number of methoxy groups -OCH3 is 1. The van der Waals surface area contributed by atoms with Gasteiger partial charge in [-0.3, -0.25) is 0 Å². The standard InChI is InChI=1S/C21H17BrClF2N5O4S/c1-33-20-18(30-7-14(28-29-30)9-2-11(24)17(23)12(25)3-9)19(32)15(8-31)34-21(20)35-16-4-10(22)6-27-13(16)5-26/h2-4,6-7,15,18-21,31-32H,8H2,1H3/t15-,18+,19+,20-,21-/m1/s1. The first kappa shape index (κ1) is 25.9. The molecule has 0 bridgehead atoms. The number of rotatable bonds is 6. The molecule has 35 heavy (non-hydrogen) atoms. The monoisotopic (exact) mass is 587 g/mol. The van der Waals surface area contributed by atoms with Crippen molar-refractivity contribution in [3.63, 3.8) is 0 Å². The van der Waals surface area contributed by atoms with Crippen LogP contribution in [0.3, 0.4) is 0 Å². The predicted molar refractivity (Wildman–Crippen MR) is 124 cm³/mol. The van der Waals surface area contributed by atoms with Gasteiger partial charge in [0.2, 0.25) is 0 Å². The van der Waals surface area contributed by atoms with Crippen molar-refractivity contribution >= 4 is 39.3 Å². The maximum atomic E-state index is 13.9. The van der Waals surface area contributed by atoms with E-state index in [4.69, 9.17) is 21.1 Å². The van der Waals surface area contributed by atoms with E-state index in [0.717, 1.165) is 23.9 Å². The van der Waals surface area contributed by atoms with E-state index in [0.29, 0.717) is 9.37 Å². The fraction of sp³-hybridized carbons (Fsp3) is 0.333. The number of nitriles is 1. The Hall–Kier alpha value is -2.18. The van der Waals surface area contributed by atoms with Gasteiger partial charge in [0.15, 0.2) is 5.69 Å². The van der Waals surface area contributed by atoms with E-state index < -0.39 is 53.1 Å². The van der Waals surface area contributed by atoms with Gasteiger partial charge in [-0.15, -0.1) is 5.10 Å². The second kappa shape index (κ2) is 10.8. The molecule has 0 spiro atoms. The molecule has 1 fully saturated rings. The summed E-state index contributed by atoms with van der Waals surface area (Å²) in [7, 11) is 1.41. The van der Waals surface area contributed by atoms with Crippen LogP contribution in [0.4, 0.5) is 8.78 Å². The largest absolute Gasteiger partial charge is 0.394 e. The number of hydrogen-bond donors (Lipinski definition) is 2. The van der Waals surface area contributed by atoms with Crippen molar-refractivity contribution in [2.45, 2.75) is 34.7 Å². The van der Waals surface area contributed by atoms with Crippen molar-refractivity contribution in [3.05, 3.63) is 57.4 Å². The lowest BCUT2D eigenvalue weighted by molar-refractivity contribution is -0.186. The number of thioether (sulfide) groups is 1. The van der Waals surface area contributed by atoms with Crippen molar-refractivity contribution in [1.82, 2.24) is 20.0 Å². The minimum atomic E-state index is -1.27. The highest BCUT2D eigenvalue weighted by molar-refractivity contribution is 9.10. The normalized spacial score (nSPS) is 24.3. The number of pyridine rings is 1. The van der Waals surface area contributed by atoms with Crippen LogP contribution in [0.5, 0.6) is 0 Å². The second-order valence-corrected chi connectivity index (χ2v) is 9.91. The van der Waals surface area contributed by atoms with E-state index in [1.165, 1.54) is 24.2 Å². The van der Waals surface area contributed by atoms with Gasteiger partial charge in [0.25, 0.3) is 0 Å². The first-order valence-corrected chi connectivity index (χ1v) is 12.1. The van der Waals surface area contributed by atoms with Gasteiger partial charge in [-0.25, -0.2) is 18.4 Å². The van der Waals surface area contributed by atoms with E-state index in [1.54, 1.807) is 6.07 Å². The lowest BCUT2D eigenvalue weighted by Gasteiger charge is -2.43. The summed E-state index contributed by atoms with van der Waals surface area (Å²) in [6, 6.07) is 4.84. The summed E-state index contributed by atoms with van der Waals surface area (Å²) in [5, 5.41) is 37.6. The van der Waals surface area contributed by atoms with Crippen LogP contribution in [0.25, 0.3) is 11.3 Å². The van der Waals surface area contributed by atoms with Crippen molar-refractivity contribution in [2.24, 2.45) is 0 Å². The molecule has 9 nitrogen and oxygen atoms in total. The summed E-state index contributed by atoms with van der Waals surface area (Å²) in [6.45, 7) is -0.512. The highest BCUT2D eigenvalue weighted by Gasteiger charge is 2.47. The second-order valence-electron chi connectivity index (χ2n) is 7.47. The SMILES string of the molecule is CO[C@@H]1[C@@H](n2cc(-c3cc(F)c(Cl)c(F)c3)nn2)[C@@H](O)[C@@H](CO)O[C@@H]1Sc1cc(Br)cnc1C#N. The van der Waals surface area contributed by atoms with Crippen LogP contribution < -0.4 is 0 Å². The van der Waals surface area contributed by atoms with E-state index in [1.807, 2.05) is 6.07 Å². The van der Waals surface area contributed by atoms with Crippen molar-refractivity contribution in [1.29, 1.82) is 5.26 Å². The number of halogens is 4. The molecule has 3 heterocycles. The summed E-state index contributed by atoms with van der Waals surface area (Å²) >= 11 is 10.0. The van der Waals surface area contributed by atoms with E-state index in [-0.39, 0.29) is 17.0 Å². The predicted octanol–water partition coefficient (Wildman–Crippen LogP) is 3.33. The Morgan fingerprint density at radius 2 is 2.06 bits per heavy atom. The quantitative estimate of drug-likeness (QED) is 0.417. The van der Waals surface area contributed by atoms with Gasteiger partial charge >= 0.3 is 0 Å². The van der Waals surface area contributed by atoms with Crippen LogP contribution in [0, 0.1) is 23.0 Å². The molecule has 0 unspecified atom stereocenters. The fourth-order valence-corrected chi connectivity index (χ4v) is 5.54. The Labute approximate surface area is 215 Å². The minimum absolute atomic E-state index is 0.0923. The maximum absolute atomic E-state index is 13.9. The smallest absolute Gasteiger partial charge is 0.154 e. The molecular formula is C21H17BrClF2N5O4S. The van der Waals surface area contributed by atoms with Crippen LogP contribution >= 0.6 is 39.3 Å². The molecule has 5 atom stereocenters. The van der Waals surface area contributed by atoms with Crippen LogP contribution in [-0.2, 0) is 9.47 Å². The molecule has 0 aliphatic carbocycles. The molecule has 0 amide bonds. The Bertz CT molecular complexity index is 1260. The number of ether oxygens (including phenoxy) is 2. The van der Waals surface area contributed by atoms with Crippen molar-refractivity contribution in [3.8, 4) is 17.3 Å². The fourth-order valence-electron chi connectivity index (χ4n) is 3.69. The summed E-state index contributed by atoms with van der Waals surface area (Å²) in [5.41, 5.74) is -0.420. The van der Waals surface area contributed by atoms with Gasteiger partial charge in [0.1, 0.15) is 58.2 Å². The molecule has 2 aromatic heterocycles. The number of hydrogen-bond acceptors (Lipinski definition) is 9. The zero-order valence-electron chi connectivity index (χ0n) is 17.8. The number of aliphatic hydroxyl groups is 2. The Balaban J connectivity index is 1.70. The third kappa shape index (κ3) is 5.19. The first-order chi connectivity index (χ1) is 16.8. The van der Waals surface area contributed by atoms with Crippen LogP contribution in [0.1, 0.15) is 11.7 Å². The van der Waals surface area contributed by atoms with Gasteiger partial charge in [-0.1, -0.05) is 28.6 Å². The summed E-state index contributed by atoms with van der Waals surface area (Å²) in [4.78, 5) is 4.57. The summed E-state index contributed by atoms with van der Waals surface area (Å²) in [6.07, 6.45) is -0.249. The number of nitrogens with zero attached hydrogens (tertiary/aromatic N) is 5. The zero-order valence-corrected chi connectivity index (χ0v) is 21.0. The zero-order chi connectivity index (χ0) is 25.3. The van der Waals surface area contributed by atoms with Crippen LogP contribution in [0.2, 0.25) is 5.02 Å². The van der Waals surface area contributed by atoms with Gasteiger partial charge in [0, 0.05) is 28.2 Å². The molecule has 0 saturated carbocycles. The molecule has 4 rings (SSSR count). The lowest BCUT2D eigenvalue weighted by Crippen LogP contribution is -2.55. The molecule has 184 valence electrons. The molecule has 1 aliphatic heterocycles. The van der Waals surface area contributed by atoms with Gasteiger partial charge < -0.3 is 19.7 Å². The van der Waals surface area contributed by atoms with E-state index in [9.17, 15) is 24.3 Å². The van der Waals surface area contributed by atoms with Crippen LogP contribution in [-0.4, -0.2) is 67.7 Å². The first-order valence-electron chi connectivity index (χ1n) is 10.0. The Morgan fingerprint density at radius 1 is 1.34 bits per heavy atom. The van der Waals surface area contributed by atoms with Crippen molar-refractivity contribution < 1.29 is 28.5 Å². The average molecular weight is 589 g/mol. The van der Waals surface area contributed by atoms with E-state index >= 15 is 0 Å². The molecule has 1 aliphatic rings. The van der Waals surface area contributed by atoms with Gasteiger partial charge in [-0.05, 0) is 34.1 Å². The molecule has 1 aromatic carbocycles. The summed E-state index contributed by atoms with van der Waals surface area (Å²) < 4.78 is 41.4. The number of aromatic nitrogens is 4. The highest BCUT2D eigenvalue weighted by Crippen LogP contribution is 2.40. The third-order valence-electron chi connectivity index (χ3n) is 5.36. The molecule has 3 aromatic rings. The summed E-state index contributed by atoms with van der Waals surface area (Å²) in [5.74, 6) is -1.91. The number of aliphatic hydroxyl groups excluding tert-OH is 2. The highest BCUT2D eigenvalue weighted by atomic mass is 79.9. The Kier molecular flexibility index (Phi) is 8.02. The molecule has 2 N–H and O–H groups in total. The molecule has 1 saturated heterocycles. The van der Waals surface area contributed by atoms with Crippen molar-refractivity contribution in [2.75, 3.05) is 13.7 Å².